The molecule has 28 heavy (non-hydrogen) atoms. The van der Waals surface area contributed by atoms with Gasteiger partial charge in [0.05, 0.1) is 12.1 Å². The van der Waals surface area contributed by atoms with Crippen LogP contribution in [0.4, 0.5) is 8.78 Å². The second kappa shape index (κ2) is 7.75. The molecular formula is C20H17F2N3O3. The molecule has 8 heteroatoms. The van der Waals surface area contributed by atoms with Crippen LogP contribution < -0.4 is 14.8 Å². The normalized spacial score (nSPS) is 16.4. The van der Waals surface area contributed by atoms with Gasteiger partial charge in [0.25, 0.3) is 0 Å². The zero-order valence-electron chi connectivity index (χ0n) is 14.8. The van der Waals surface area contributed by atoms with Crippen molar-refractivity contribution in [1.82, 2.24) is 15.3 Å². The van der Waals surface area contributed by atoms with E-state index in [9.17, 15) is 13.6 Å². The molecule has 0 unspecified atom stereocenters. The van der Waals surface area contributed by atoms with E-state index in [0.717, 1.165) is 22.0 Å². The van der Waals surface area contributed by atoms with Crippen LogP contribution in [0, 0.1) is 5.92 Å². The lowest BCUT2D eigenvalue weighted by Crippen LogP contribution is -2.16. The van der Waals surface area contributed by atoms with Gasteiger partial charge in [-0.15, -0.1) is 0 Å². The van der Waals surface area contributed by atoms with E-state index in [0.29, 0.717) is 25.3 Å². The van der Waals surface area contributed by atoms with Crippen molar-refractivity contribution in [3.63, 3.8) is 0 Å². The molecule has 4 rings (SSSR count). The topological polar surface area (TPSA) is 73.3 Å². The highest BCUT2D eigenvalue weighted by atomic mass is 19.3. The summed E-state index contributed by atoms with van der Waals surface area (Å²) in [6.07, 6.45) is 3.60. The van der Waals surface area contributed by atoms with Crippen molar-refractivity contribution in [3.8, 4) is 22.8 Å². The number of hydrogen-bond donors (Lipinski definition) is 1. The molecule has 6 nitrogen and oxygen atoms in total. The minimum Gasteiger partial charge on any atom is -0.492 e. The Bertz CT molecular complexity index is 996. The van der Waals surface area contributed by atoms with Gasteiger partial charge in [0, 0.05) is 48.3 Å². The molecule has 144 valence electrons. The fourth-order valence-electron chi connectivity index (χ4n) is 3.14. The van der Waals surface area contributed by atoms with Gasteiger partial charge in [0.15, 0.2) is 0 Å². The van der Waals surface area contributed by atoms with Crippen LogP contribution in [0.5, 0.6) is 11.6 Å². The summed E-state index contributed by atoms with van der Waals surface area (Å²) in [5.41, 5.74) is 2.25. The number of amides is 1. The van der Waals surface area contributed by atoms with Crippen LogP contribution in [0.1, 0.15) is 6.42 Å². The van der Waals surface area contributed by atoms with Gasteiger partial charge >= 0.3 is 6.61 Å². The summed E-state index contributed by atoms with van der Waals surface area (Å²) in [6, 6.07) is 10.5. The lowest BCUT2D eigenvalue weighted by molar-refractivity contribution is -0.119. The molecular weight excluding hydrogens is 368 g/mol. The van der Waals surface area contributed by atoms with Crippen molar-refractivity contribution in [2.75, 3.05) is 13.2 Å². The van der Waals surface area contributed by atoms with E-state index in [2.05, 4.69) is 20.0 Å². The van der Waals surface area contributed by atoms with Crippen LogP contribution in [-0.4, -0.2) is 35.6 Å². The predicted molar refractivity (Wildman–Crippen MR) is 98.2 cm³/mol. The lowest BCUT2D eigenvalue weighted by atomic mass is 10.0. The Kier molecular flexibility index (Phi) is 5.01. The number of carbonyl (C=O) groups is 1. The molecule has 1 aliphatic heterocycles. The number of rotatable bonds is 6. The summed E-state index contributed by atoms with van der Waals surface area (Å²) >= 11 is 0. The molecule has 1 saturated heterocycles. The second-order valence-corrected chi connectivity index (χ2v) is 6.49. The second-order valence-electron chi connectivity index (χ2n) is 6.49. The summed E-state index contributed by atoms with van der Waals surface area (Å²) < 4.78 is 34.9. The summed E-state index contributed by atoms with van der Waals surface area (Å²) in [4.78, 5) is 19.7. The molecule has 1 fully saturated rings. The number of halogens is 2. The maximum Gasteiger partial charge on any atom is 0.388 e. The molecule has 0 bridgehead atoms. The smallest absolute Gasteiger partial charge is 0.388 e. The van der Waals surface area contributed by atoms with Gasteiger partial charge in [-0.2, -0.15) is 8.78 Å². The summed E-state index contributed by atoms with van der Waals surface area (Å²) in [7, 11) is 0. The number of aromatic nitrogens is 2. The monoisotopic (exact) mass is 385 g/mol. The first kappa shape index (κ1) is 18.1. The first-order chi connectivity index (χ1) is 13.6. The third kappa shape index (κ3) is 4.00. The van der Waals surface area contributed by atoms with E-state index < -0.39 is 6.61 Å². The average Bonchev–Trinajstić information content (AvgIpc) is 3.11. The van der Waals surface area contributed by atoms with Crippen LogP contribution in [0.3, 0.4) is 0 Å². The van der Waals surface area contributed by atoms with E-state index in [-0.39, 0.29) is 17.7 Å². The van der Waals surface area contributed by atoms with Gasteiger partial charge in [-0.3, -0.25) is 9.78 Å². The zero-order chi connectivity index (χ0) is 19.5. The van der Waals surface area contributed by atoms with E-state index in [1.165, 1.54) is 12.3 Å². The number of hydrogen-bond acceptors (Lipinski definition) is 5. The number of alkyl halides is 2. The molecule has 1 aliphatic rings. The van der Waals surface area contributed by atoms with E-state index in [1.54, 1.807) is 12.3 Å². The molecule has 3 heterocycles. The molecule has 0 aliphatic carbocycles. The third-order valence-corrected chi connectivity index (χ3v) is 4.50. The van der Waals surface area contributed by atoms with Crippen molar-refractivity contribution in [2.24, 2.45) is 5.92 Å². The van der Waals surface area contributed by atoms with Gasteiger partial charge in [0.2, 0.25) is 11.8 Å². The maximum absolute atomic E-state index is 12.3. The Morgan fingerprint density at radius 1 is 1.18 bits per heavy atom. The fourth-order valence-corrected chi connectivity index (χ4v) is 3.14. The highest BCUT2D eigenvalue weighted by Crippen LogP contribution is 2.32. The number of nitrogens with zero attached hydrogens (tertiary/aromatic N) is 2. The number of ether oxygens (including phenoxy) is 2. The van der Waals surface area contributed by atoms with Crippen LogP contribution in [-0.2, 0) is 4.79 Å². The van der Waals surface area contributed by atoms with Crippen LogP contribution in [0.15, 0.2) is 48.8 Å². The minimum atomic E-state index is -2.92. The number of fused-ring (bicyclic) bond motifs is 1. The lowest BCUT2D eigenvalue weighted by Gasteiger charge is -2.14. The molecule has 1 N–H and O–H groups in total. The summed E-state index contributed by atoms with van der Waals surface area (Å²) in [5, 5.41) is 3.65. The van der Waals surface area contributed by atoms with E-state index >= 15 is 0 Å². The average molecular weight is 385 g/mol. The molecule has 1 aromatic carbocycles. The van der Waals surface area contributed by atoms with Crippen molar-refractivity contribution in [2.45, 2.75) is 13.0 Å². The molecule has 0 spiro atoms. The highest BCUT2D eigenvalue weighted by Gasteiger charge is 2.22. The quantitative estimate of drug-likeness (QED) is 0.704. The van der Waals surface area contributed by atoms with E-state index in [1.807, 2.05) is 24.3 Å². The van der Waals surface area contributed by atoms with Crippen LogP contribution in [0.25, 0.3) is 22.0 Å². The van der Waals surface area contributed by atoms with Crippen molar-refractivity contribution in [3.05, 3.63) is 48.8 Å². The fraction of sp³-hybridized carbons (Fsp3) is 0.250. The van der Waals surface area contributed by atoms with Crippen molar-refractivity contribution < 1.29 is 23.0 Å². The zero-order valence-corrected chi connectivity index (χ0v) is 14.8. The predicted octanol–water partition coefficient (Wildman–Crippen LogP) is 3.41. The van der Waals surface area contributed by atoms with Gasteiger partial charge in [-0.1, -0.05) is 0 Å². The Morgan fingerprint density at radius 3 is 2.79 bits per heavy atom. The van der Waals surface area contributed by atoms with Gasteiger partial charge in [-0.25, -0.2) is 4.98 Å². The van der Waals surface area contributed by atoms with E-state index in [4.69, 9.17) is 4.74 Å². The molecule has 2 aromatic heterocycles. The standard InChI is InChI=1S/C20H17F2N3O3/c21-20(22)28-19-4-3-13(10-25-19)14-7-16-15(2-1-5-23-16)17(8-14)27-11-12-6-18(26)24-9-12/h1-5,7-8,10,12,20H,6,9,11H2,(H,24,26)/t12-/m1/s1. The van der Waals surface area contributed by atoms with Crippen LogP contribution >= 0.6 is 0 Å². The van der Waals surface area contributed by atoms with Crippen molar-refractivity contribution >= 4 is 16.8 Å². The molecule has 0 saturated carbocycles. The SMILES string of the molecule is O=C1C[C@@H](COc2cc(-c3ccc(OC(F)F)nc3)cc3ncccc23)CN1. The Labute approximate surface area is 159 Å². The summed E-state index contributed by atoms with van der Waals surface area (Å²) in [5.74, 6) is 0.654. The van der Waals surface area contributed by atoms with Gasteiger partial charge < -0.3 is 14.8 Å². The first-order valence-corrected chi connectivity index (χ1v) is 8.78. The maximum atomic E-state index is 12.3. The number of nitrogens with one attached hydrogen (secondary N) is 1. The third-order valence-electron chi connectivity index (χ3n) is 4.50. The highest BCUT2D eigenvalue weighted by molar-refractivity contribution is 5.90. The Balaban J connectivity index is 1.62. The number of benzene rings is 1. The van der Waals surface area contributed by atoms with Gasteiger partial charge in [0.1, 0.15) is 5.75 Å². The minimum absolute atomic E-state index is 0.0334. The Hall–Kier alpha value is -3.29. The molecule has 0 radical (unpaired) electrons. The number of pyridine rings is 2. The largest absolute Gasteiger partial charge is 0.492 e. The number of carbonyl (C=O) groups excluding carboxylic acids is 1. The summed E-state index contributed by atoms with van der Waals surface area (Å²) in [6.45, 7) is -1.91. The van der Waals surface area contributed by atoms with Gasteiger partial charge in [-0.05, 0) is 35.9 Å². The van der Waals surface area contributed by atoms with Crippen molar-refractivity contribution in [1.29, 1.82) is 0 Å². The Morgan fingerprint density at radius 2 is 2.07 bits per heavy atom. The first-order valence-electron chi connectivity index (χ1n) is 8.78. The molecule has 3 aromatic rings. The molecule has 1 amide bonds. The molecule has 1 atom stereocenters. The van der Waals surface area contributed by atoms with Crippen LogP contribution in [0.2, 0.25) is 0 Å².